The highest BCUT2D eigenvalue weighted by atomic mass is 79.9. The smallest absolute Gasteiger partial charge is 0.0209 e. The number of rotatable bonds is 4. The first kappa shape index (κ1) is 10.8. The first-order chi connectivity index (χ1) is 6.25. The molecule has 1 aromatic carbocycles. The predicted molar refractivity (Wildman–Crippen MR) is 62.1 cm³/mol. The van der Waals surface area contributed by atoms with Crippen LogP contribution in [0.3, 0.4) is 0 Å². The molecule has 0 aliphatic carbocycles. The van der Waals surface area contributed by atoms with E-state index in [0.717, 1.165) is 0 Å². The van der Waals surface area contributed by atoms with Crippen LogP contribution in [0.15, 0.2) is 22.7 Å². The van der Waals surface area contributed by atoms with E-state index in [1.807, 2.05) is 0 Å². The van der Waals surface area contributed by atoms with E-state index < -0.39 is 0 Å². The van der Waals surface area contributed by atoms with Crippen LogP contribution in [0.25, 0.3) is 0 Å². The van der Waals surface area contributed by atoms with E-state index in [-0.39, 0.29) is 0 Å². The largest absolute Gasteiger partial charge is 0.0654 e. The minimum Gasteiger partial charge on any atom is -0.0654 e. The molecule has 1 aromatic rings. The number of halogens is 1. The van der Waals surface area contributed by atoms with Crippen LogP contribution in [0, 0.1) is 6.92 Å². The lowest BCUT2D eigenvalue weighted by molar-refractivity contribution is 0.714. The summed E-state index contributed by atoms with van der Waals surface area (Å²) in [6, 6.07) is 6.42. The molecule has 0 aromatic heterocycles. The lowest BCUT2D eigenvalue weighted by Gasteiger charge is -2.07. The van der Waals surface area contributed by atoms with E-state index >= 15 is 0 Å². The van der Waals surface area contributed by atoms with Crippen molar-refractivity contribution in [3.63, 3.8) is 0 Å². The van der Waals surface area contributed by atoms with Crippen molar-refractivity contribution in [2.24, 2.45) is 0 Å². The van der Waals surface area contributed by atoms with Gasteiger partial charge in [0.05, 0.1) is 0 Å². The molecular weight excluding hydrogens is 224 g/mol. The topological polar surface area (TPSA) is 0 Å². The van der Waals surface area contributed by atoms with Crippen LogP contribution in [-0.4, -0.2) is 0 Å². The summed E-state index contributed by atoms with van der Waals surface area (Å²) < 4.78 is 1.27. The third-order valence-electron chi connectivity index (χ3n) is 2.38. The minimum absolute atomic E-state index is 1.21. The van der Waals surface area contributed by atoms with Crippen LogP contribution in [0.4, 0.5) is 0 Å². The Kier molecular flexibility index (Phi) is 4.51. The van der Waals surface area contributed by atoms with Crippen molar-refractivity contribution >= 4 is 15.9 Å². The standard InChI is InChI=1S/C12H17Br/c1-3-4-5-8-11-10(2)7-6-9-12(11)13/h6-7,9H,3-5,8H2,1-2H3. The van der Waals surface area contributed by atoms with Gasteiger partial charge in [-0.3, -0.25) is 0 Å². The Balaban J connectivity index is 2.64. The van der Waals surface area contributed by atoms with Crippen molar-refractivity contribution in [2.75, 3.05) is 0 Å². The molecule has 0 radical (unpaired) electrons. The van der Waals surface area contributed by atoms with Gasteiger partial charge in [-0.15, -0.1) is 0 Å². The van der Waals surface area contributed by atoms with E-state index in [4.69, 9.17) is 0 Å². The van der Waals surface area contributed by atoms with Gasteiger partial charge in [0.15, 0.2) is 0 Å². The van der Waals surface area contributed by atoms with Gasteiger partial charge >= 0.3 is 0 Å². The molecule has 0 unspecified atom stereocenters. The average Bonchev–Trinajstić information content (AvgIpc) is 2.10. The molecule has 0 nitrogen and oxygen atoms in total. The molecule has 0 atom stereocenters. The highest BCUT2D eigenvalue weighted by molar-refractivity contribution is 9.10. The van der Waals surface area contributed by atoms with Gasteiger partial charge in [0, 0.05) is 4.47 Å². The summed E-state index contributed by atoms with van der Waals surface area (Å²) in [5.41, 5.74) is 2.89. The molecule has 0 fully saturated rings. The number of unbranched alkanes of at least 4 members (excludes halogenated alkanes) is 2. The zero-order valence-electron chi connectivity index (χ0n) is 8.44. The summed E-state index contributed by atoms with van der Waals surface area (Å²) in [6.07, 6.45) is 5.14. The minimum atomic E-state index is 1.21. The summed E-state index contributed by atoms with van der Waals surface area (Å²) in [7, 11) is 0. The van der Waals surface area contributed by atoms with Crippen molar-refractivity contribution in [1.82, 2.24) is 0 Å². The van der Waals surface area contributed by atoms with Crippen LogP contribution >= 0.6 is 15.9 Å². The molecule has 0 aliphatic rings. The molecule has 72 valence electrons. The zero-order chi connectivity index (χ0) is 9.68. The molecule has 0 bridgehead atoms. The number of hydrogen-bond donors (Lipinski definition) is 0. The van der Waals surface area contributed by atoms with Crippen LogP contribution in [0.5, 0.6) is 0 Å². The Morgan fingerprint density at radius 2 is 2.00 bits per heavy atom. The highest BCUT2D eigenvalue weighted by Crippen LogP contribution is 2.22. The van der Waals surface area contributed by atoms with Gasteiger partial charge in [0.25, 0.3) is 0 Å². The van der Waals surface area contributed by atoms with Crippen molar-refractivity contribution in [2.45, 2.75) is 39.5 Å². The predicted octanol–water partition coefficient (Wildman–Crippen LogP) is 4.49. The lowest BCUT2D eigenvalue weighted by Crippen LogP contribution is -1.91. The molecule has 0 saturated carbocycles. The molecule has 0 N–H and O–H groups in total. The normalized spacial score (nSPS) is 10.4. The Bertz CT molecular complexity index is 246. The van der Waals surface area contributed by atoms with Crippen LogP contribution in [0.2, 0.25) is 0 Å². The van der Waals surface area contributed by atoms with E-state index in [0.29, 0.717) is 0 Å². The van der Waals surface area contributed by atoms with E-state index in [1.165, 1.54) is 41.3 Å². The molecule has 0 amide bonds. The average molecular weight is 241 g/mol. The second-order valence-electron chi connectivity index (χ2n) is 3.49. The molecular formula is C12H17Br. The molecule has 0 saturated heterocycles. The molecule has 1 heteroatoms. The lowest BCUT2D eigenvalue weighted by atomic mass is 10.0. The second-order valence-corrected chi connectivity index (χ2v) is 4.35. The Hall–Kier alpha value is -0.300. The van der Waals surface area contributed by atoms with Gasteiger partial charge in [-0.1, -0.05) is 47.8 Å². The van der Waals surface area contributed by atoms with E-state index in [2.05, 4.69) is 48.0 Å². The SMILES string of the molecule is CCCCCc1c(C)cccc1Br. The third kappa shape index (κ3) is 3.15. The third-order valence-corrected chi connectivity index (χ3v) is 3.13. The molecule has 0 aliphatic heterocycles. The molecule has 1 rings (SSSR count). The summed E-state index contributed by atoms with van der Waals surface area (Å²) in [4.78, 5) is 0. The van der Waals surface area contributed by atoms with Crippen LogP contribution < -0.4 is 0 Å². The van der Waals surface area contributed by atoms with E-state index in [9.17, 15) is 0 Å². The van der Waals surface area contributed by atoms with Gasteiger partial charge in [-0.05, 0) is 37.0 Å². The van der Waals surface area contributed by atoms with Gasteiger partial charge in [-0.2, -0.15) is 0 Å². The molecule has 0 heterocycles. The molecule has 0 spiro atoms. The Morgan fingerprint density at radius 1 is 1.23 bits per heavy atom. The Morgan fingerprint density at radius 3 is 2.62 bits per heavy atom. The van der Waals surface area contributed by atoms with Crippen molar-refractivity contribution in [1.29, 1.82) is 0 Å². The van der Waals surface area contributed by atoms with Gasteiger partial charge < -0.3 is 0 Å². The highest BCUT2D eigenvalue weighted by Gasteiger charge is 2.01. The summed E-state index contributed by atoms with van der Waals surface area (Å²) >= 11 is 3.60. The van der Waals surface area contributed by atoms with Gasteiger partial charge in [0.2, 0.25) is 0 Å². The van der Waals surface area contributed by atoms with Crippen LogP contribution in [-0.2, 0) is 6.42 Å². The van der Waals surface area contributed by atoms with Crippen LogP contribution in [0.1, 0.15) is 37.3 Å². The first-order valence-electron chi connectivity index (χ1n) is 4.99. The number of aryl methyl sites for hydroxylation is 1. The molecule has 13 heavy (non-hydrogen) atoms. The summed E-state index contributed by atoms with van der Waals surface area (Å²) in [6.45, 7) is 4.43. The maximum absolute atomic E-state index is 3.60. The zero-order valence-corrected chi connectivity index (χ0v) is 10.0. The summed E-state index contributed by atoms with van der Waals surface area (Å²) in [5, 5.41) is 0. The summed E-state index contributed by atoms with van der Waals surface area (Å²) in [5.74, 6) is 0. The maximum Gasteiger partial charge on any atom is 0.0209 e. The fraction of sp³-hybridized carbons (Fsp3) is 0.500. The maximum atomic E-state index is 3.60. The Labute approximate surface area is 89.5 Å². The van der Waals surface area contributed by atoms with Gasteiger partial charge in [-0.25, -0.2) is 0 Å². The van der Waals surface area contributed by atoms with Crippen molar-refractivity contribution in [3.05, 3.63) is 33.8 Å². The van der Waals surface area contributed by atoms with E-state index in [1.54, 1.807) is 0 Å². The van der Waals surface area contributed by atoms with Crippen molar-refractivity contribution < 1.29 is 0 Å². The second kappa shape index (κ2) is 5.43. The van der Waals surface area contributed by atoms with Gasteiger partial charge in [0.1, 0.15) is 0 Å². The first-order valence-corrected chi connectivity index (χ1v) is 5.79. The monoisotopic (exact) mass is 240 g/mol. The quantitative estimate of drug-likeness (QED) is 0.681. The fourth-order valence-electron chi connectivity index (χ4n) is 1.53. The number of benzene rings is 1. The number of hydrogen-bond acceptors (Lipinski definition) is 0. The fourth-order valence-corrected chi connectivity index (χ4v) is 2.20. The van der Waals surface area contributed by atoms with Crippen molar-refractivity contribution in [3.8, 4) is 0 Å².